The van der Waals surface area contributed by atoms with Gasteiger partial charge in [-0.1, -0.05) is 23.7 Å². The van der Waals surface area contributed by atoms with E-state index in [-0.39, 0.29) is 12.6 Å². The second kappa shape index (κ2) is 5.20. The SMILES string of the molecule is CN[C@H](CO)c1cccc(OC)c1Cl. The van der Waals surface area contributed by atoms with Crippen molar-refractivity contribution in [1.82, 2.24) is 5.32 Å². The first-order chi connectivity index (χ1) is 6.74. The van der Waals surface area contributed by atoms with Crippen LogP contribution in [0, 0.1) is 0 Å². The number of hydrogen-bond donors (Lipinski definition) is 2. The van der Waals surface area contributed by atoms with Gasteiger partial charge in [0.2, 0.25) is 0 Å². The van der Waals surface area contributed by atoms with Crippen LogP contribution in [-0.4, -0.2) is 25.9 Å². The monoisotopic (exact) mass is 215 g/mol. The highest BCUT2D eigenvalue weighted by Crippen LogP contribution is 2.31. The van der Waals surface area contributed by atoms with Crippen LogP contribution in [0.25, 0.3) is 0 Å². The fraction of sp³-hybridized carbons (Fsp3) is 0.400. The molecular weight excluding hydrogens is 202 g/mol. The Hall–Kier alpha value is -0.770. The first-order valence-corrected chi connectivity index (χ1v) is 4.73. The maximum Gasteiger partial charge on any atom is 0.137 e. The molecule has 0 saturated heterocycles. The standard InChI is InChI=1S/C10H14ClNO2/c1-12-8(6-13)7-4-3-5-9(14-2)10(7)11/h3-5,8,12-13H,6H2,1-2H3/t8-/m1/s1. The van der Waals surface area contributed by atoms with E-state index in [1.54, 1.807) is 20.2 Å². The van der Waals surface area contributed by atoms with Gasteiger partial charge in [0.25, 0.3) is 0 Å². The zero-order valence-electron chi connectivity index (χ0n) is 8.25. The normalized spacial score (nSPS) is 12.6. The summed E-state index contributed by atoms with van der Waals surface area (Å²) in [4.78, 5) is 0. The highest BCUT2D eigenvalue weighted by atomic mass is 35.5. The topological polar surface area (TPSA) is 41.5 Å². The van der Waals surface area contributed by atoms with Gasteiger partial charge >= 0.3 is 0 Å². The van der Waals surface area contributed by atoms with Crippen molar-refractivity contribution in [3.8, 4) is 5.75 Å². The summed E-state index contributed by atoms with van der Waals surface area (Å²) >= 11 is 6.09. The molecule has 0 spiro atoms. The van der Waals surface area contributed by atoms with Crippen molar-refractivity contribution >= 4 is 11.6 Å². The minimum Gasteiger partial charge on any atom is -0.495 e. The first kappa shape index (κ1) is 11.3. The predicted molar refractivity (Wildman–Crippen MR) is 56.9 cm³/mol. The maximum atomic E-state index is 9.11. The van der Waals surface area contributed by atoms with Gasteiger partial charge in [0, 0.05) is 0 Å². The van der Waals surface area contributed by atoms with Gasteiger partial charge in [-0.05, 0) is 18.7 Å². The van der Waals surface area contributed by atoms with Gasteiger partial charge in [0.1, 0.15) is 5.75 Å². The quantitative estimate of drug-likeness (QED) is 0.802. The molecule has 1 aromatic rings. The molecule has 0 heterocycles. The number of hydrogen-bond acceptors (Lipinski definition) is 3. The predicted octanol–water partition coefficient (Wildman–Crippen LogP) is 1.60. The largest absolute Gasteiger partial charge is 0.495 e. The molecular formula is C10H14ClNO2. The lowest BCUT2D eigenvalue weighted by atomic mass is 10.1. The lowest BCUT2D eigenvalue weighted by Crippen LogP contribution is -2.20. The zero-order chi connectivity index (χ0) is 10.6. The molecule has 78 valence electrons. The zero-order valence-corrected chi connectivity index (χ0v) is 9.01. The number of aliphatic hydroxyl groups excluding tert-OH is 1. The van der Waals surface area contributed by atoms with E-state index in [9.17, 15) is 0 Å². The molecule has 0 aliphatic carbocycles. The Morgan fingerprint density at radius 2 is 2.29 bits per heavy atom. The third-order valence-corrected chi connectivity index (χ3v) is 2.52. The smallest absolute Gasteiger partial charge is 0.137 e. The van der Waals surface area contributed by atoms with Crippen LogP contribution in [0.4, 0.5) is 0 Å². The summed E-state index contributed by atoms with van der Waals surface area (Å²) in [6, 6.07) is 5.34. The first-order valence-electron chi connectivity index (χ1n) is 4.35. The van der Waals surface area contributed by atoms with Crippen molar-refractivity contribution in [2.75, 3.05) is 20.8 Å². The van der Waals surface area contributed by atoms with Crippen molar-refractivity contribution < 1.29 is 9.84 Å². The molecule has 0 saturated carbocycles. The number of ether oxygens (including phenoxy) is 1. The molecule has 1 rings (SSSR count). The van der Waals surface area contributed by atoms with Crippen LogP contribution in [0.2, 0.25) is 5.02 Å². The summed E-state index contributed by atoms with van der Waals surface area (Å²) in [6.07, 6.45) is 0. The summed E-state index contributed by atoms with van der Waals surface area (Å²) in [5, 5.41) is 12.6. The minimum absolute atomic E-state index is 0.00336. The third kappa shape index (κ3) is 2.18. The average molecular weight is 216 g/mol. The van der Waals surface area contributed by atoms with E-state index < -0.39 is 0 Å². The van der Waals surface area contributed by atoms with Crippen molar-refractivity contribution in [1.29, 1.82) is 0 Å². The van der Waals surface area contributed by atoms with Gasteiger partial charge in [0.05, 0.1) is 24.8 Å². The second-order valence-corrected chi connectivity index (χ2v) is 3.27. The van der Waals surface area contributed by atoms with Crippen LogP contribution in [0.15, 0.2) is 18.2 Å². The Labute approximate surface area is 88.7 Å². The van der Waals surface area contributed by atoms with Gasteiger partial charge in [-0.15, -0.1) is 0 Å². The molecule has 1 aromatic carbocycles. The van der Waals surface area contributed by atoms with Crippen molar-refractivity contribution in [3.63, 3.8) is 0 Å². The van der Waals surface area contributed by atoms with Gasteiger partial charge in [-0.2, -0.15) is 0 Å². The summed E-state index contributed by atoms with van der Waals surface area (Å²) in [5.41, 5.74) is 0.844. The van der Waals surface area contributed by atoms with Crippen LogP contribution in [0.5, 0.6) is 5.75 Å². The van der Waals surface area contributed by atoms with Crippen LogP contribution in [-0.2, 0) is 0 Å². The second-order valence-electron chi connectivity index (χ2n) is 2.89. The number of likely N-dealkylation sites (N-methyl/N-ethyl adjacent to an activating group) is 1. The molecule has 0 unspecified atom stereocenters. The molecule has 14 heavy (non-hydrogen) atoms. The maximum absolute atomic E-state index is 9.11. The van der Waals surface area contributed by atoms with E-state index in [1.165, 1.54) is 0 Å². The summed E-state index contributed by atoms with van der Waals surface area (Å²) < 4.78 is 5.08. The summed E-state index contributed by atoms with van der Waals surface area (Å²) in [7, 11) is 3.34. The Kier molecular flexibility index (Phi) is 4.20. The third-order valence-electron chi connectivity index (χ3n) is 2.12. The van der Waals surface area contributed by atoms with E-state index in [1.807, 2.05) is 12.1 Å². The molecule has 4 heteroatoms. The summed E-state index contributed by atoms with van der Waals surface area (Å²) in [5.74, 6) is 0.623. The molecule has 0 radical (unpaired) electrons. The highest BCUT2D eigenvalue weighted by Gasteiger charge is 2.14. The highest BCUT2D eigenvalue weighted by molar-refractivity contribution is 6.32. The number of halogens is 1. The van der Waals surface area contributed by atoms with Crippen molar-refractivity contribution in [2.24, 2.45) is 0 Å². The van der Waals surface area contributed by atoms with Crippen molar-refractivity contribution in [3.05, 3.63) is 28.8 Å². The van der Waals surface area contributed by atoms with Gasteiger partial charge in [-0.3, -0.25) is 0 Å². The lowest BCUT2D eigenvalue weighted by Gasteiger charge is -2.16. The van der Waals surface area contributed by atoms with E-state index in [0.717, 1.165) is 5.56 Å². The molecule has 0 aliphatic rings. The molecule has 0 aromatic heterocycles. The fourth-order valence-electron chi connectivity index (χ4n) is 1.30. The van der Waals surface area contributed by atoms with Crippen molar-refractivity contribution in [2.45, 2.75) is 6.04 Å². The van der Waals surface area contributed by atoms with Gasteiger partial charge < -0.3 is 15.2 Å². The number of nitrogens with one attached hydrogen (secondary N) is 1. The van der Waals surface area contributed by atoms with Crippen LogP contribution in [0.1, 0.15) is 11.6 Å². The Bertz CT molecular complexity index is 300. The fourth-order valence-corrected chi connectivity index (χ4v) is 1.63. The van der Waals surface area contributed by atoms with E-state index in [0.29, 0.717) is 10.8 Å². The molecule has 0 aliphatic heterocycles. The van der Waals surface area contributed by atoms with E-state index >= 15 is 0 Å². The van der Waals surface area contributed by atoms with Gasteiger partial charge in [-0.25, -0.2) is 0 Å². The minimum atomic E-state index is -0.155. The van der Waals surface area contributed by atoms with Crippen LogP contribution in [0.3, 0.4) is 0 Å². The molecule has 0 bridgehead atoms. The number of methoxy groups -OCH3 is 1. The van der Waals surface area contributed by atoms with E-state index in [2.05, 4.69) is 5.32 Å². The lowest BCUT2D eigenvalue weighted by molar-refractivity contribution is 0.250. The Morgan fingerprint density at radius 1 is 1.57 bits per heavy atom. The summed E-state index contributed by atoms with van der Waals surface area (Å²) in [6.45, 7) is 0.00336. The average Bonchev–Trinajstić information content (AvgIpc) is 2.22. The Balaban J connectivity index is 3.07. The Morgan fingerprint density at radius 3 is 2.79 bits per heavy atom. The van der Waals surface area contributed by atoms with Gasteiger partial charge in [0.15, 0.2) is 0 Å². The van der Waals surface area contributed by atoms with E-state index in [4.69, 9.17) is 21.4 Å². The number of aliphatic hydroxyl groups is 1. The molecule has 1 atom stereocenters. The molecule has 0 amide bonds. The van der Waals surface area contributed by atoms with Crippen LogP contribution >= 0.6 is 11.6 Å². The molecule has 3 nitrogen and oxygen atoms in total. The van der Waals surface area contributed by atoms with Crippen LogP contribution < -0.4 is 10.1 Å². The molecule has 2 N–H and O–H groups in total. The number of benzene rings is 1. The number of rotatable bonds is 4. The molecule has 0 fully saturated rings.